The van der Waals surface area contributed by atoms with E-state index in [4.69, 9.17) is 17.3 Å². The second-order valence-electron chi connectivity index (χ2n) is 12.1. The molecule has 2 aliphatic rings. The molecule has 1 aliphatic carbocycles. The summed E-state index contributed by atoms with van der Waals surface area (Å²) in [5.41, 5.74) is 7.07. The Hall–Kier alpha value is -2.96. The van der Waals surface area contributed by atoms with Gasteiger partial charge < -0.3 is 25.8 Å². The van der Waals surface area contributed by atoms with Gasteiger partial charge in [0.2, 0.25) is 5.91 Å². The van der Waals surface area contributed by atoms with Crippen LogP contribution < -0.4 is 16.4 Å². The molecule has 3 amide bonds. The molecule has 0 radical (unpaired) electrons. The van der Waals surface area contributed by atoms with E-state index in [9.17, 15) is 22.8 Å². The lowest BCUT2D eigenvalue weighted by Crippen LogP contribution is -2.55. The molecular formula is C28H39ClN6O5S. The van der Waals surface area contributed by atoms with E-state index in [1.165, 1.54) is 11.1 Å². The Morgan fingerprint density at radius 2 is 1.80 bits per heavy atom. The lowest BCUT2D eigenvalue weighted by atomic mass is 10.0. The zero-order chi connectivity index (χ0) is 30.2. The van der Waals surface area contributed by atoms with Crippen molar-refractivity contribution in [1.82, 2.24) is 25.1 Å². The molecular weight excluding hydrogens is 568 g/mol. The van der Waals surface area contributed by atoms with Crippen LogP contribution in [0.3, 0.4) is 0 Å². The van der Waals surface area contributed by atoms with Gasteiger partial charge in [-0.05, 0) is 56.7 Å². The van der Waals surface area contributed by atoms with E-state index in [1.54, 1.807) is 30.5 Å². The summed E-state index contributed by atoms with van der Waals surface area (Å²) in [6, 6.07) is 6.39. The number of aromatic nitrogens is 2. The Morgan fingerprint density at radius 3 is 2.41 bits per heavy atom. The summed E-state index contributed by atoms with van der Waals surface area (Å²) in [6.45, 7) is 7.93. The minimum Gasteiger partial charge on any atom is -0.353 e. The molecule has 1 saturated carbocycles. The third-order valence-electron chi connectivity index (χ3n) is 7.86. The van der Waals surface area contributed by atoms with Crippen molar-refractivity contribution in [2.24, 2.45) is 11.7 Å². The molecule has 1 aromatic carbocycles. The summed E-state index contributed by atoms with van der Waals surface area (Å²) in [5.74, 6) is -0.790. The molecule has 2 heterocycles. The topological polar surface area (TPSA) is 156 Å². The van der Waals surface area contributed by atoms with E-state index >= 15 is 0 Å². The van der Waals surface area contributed by atoms with Crippen molar-refractivity contribution in [2.75, 3.05) is 19.6 Å². The first-order chi connectivity index (χ1) is 19.2. The number of sulfone groups is 1. The summed E-state index contributed by atoms with van der Waals surface area (Å²) >= 11 is 5.91. The average molecular weight is 607 g/mol. The number of nitrogens with two attached hydrogens (primary N) is 1. The fourth-order valence-electron chi connectivity index (χ4n) is 5.18. The van der Waals surface area contributed by atoms with E-state index in [0.717, 1.165) is 5.56 Å². The van der Waals surface area contributed by atoms with E-state index in [-0.39, 0.29) is 55.4 Å². The summed E-state index contributed by atoms with van der Waals surface area (Å²) < 4.78 is 26.9. The molecule has 1 aliphatic heterocycles. The molecule has 4 rings (SSSR count). The summed E-state index contributed by atoms with van der Waals surface area (Å²) in [6.07, 6.45) is 2.73. The molecule has 0 bridgehead atoms. The number of rotatable bonds is 12. The number of fused-ring (bicyclic) bond motifs is 1. The molecule has 11 nitrogen and oxygen atoms in total. The summed E-state index contributed by atoms with van der Waals surface area (Å²) in [4.78, 5) is 44.4. The maximum atomic E-state index is 13.8. The Labute approximate surface area is 246 Å². The van der Waals surface area contributed by atoms with Crippen molar-refractivity contribution in [1.29, 1.82) is 0 Å². The molecule has 1 fully saturated rings. The van der Waals surface area contributed by atoms with Crippen LogP contribution in [0.1, 0.15) is 73.6 Å². The summed E-state index contributed by atoms with van der Waals surface area (Å²) in [7, 11) is -3.76. The van der Waals surface area contributed by atoms with Crippen LogP contribution in [0.15, 0.2) is 30.5 Å². The van der Waals surface area contributed by atoms with E-state index in [1.807, 2.05) is 26.0 Å². The number of amides is 3. The molecule has 13 heteroatoms. The molecule has 1 atom stereocenters. The van der Waals surface area contributed by atoms with Crippen LogP contribution in [0.25, 0.3) is 0 Å². The van der Waals surface area contributed by atoms with E-state index < -0.39 is 31.3 Å². The van der Waals surface area contributed by atoms with Crippen LogP contribution in [-0.4, -0.2) is 75.8 Å². The summed E-state index contributed by atoms with van der Waals surface area (Å²) in [5, 5.41) is 6.13. The van der Waals surface area contributed by atoms with Crippen molar-refractivity contribution in [3.8, 4) is 0 Å². The quantitative estimate of drug-likeness (QED) is 0.334. The fourth-order valence-corrected chi connectivity index (χ4v) is 7.70. The Balaban J connectivity index is 1.40. The van der Waals surface area contributed by atoms with Gasteiger partial charge in [-0.25, -0.2) is 13.4 Å². The first kappa shape index (κ1) is 31.0. The number of benzene rings is 1. The average Bonchev–Trinajstić information content (AvgIpc) is 3.58. The molecule has 0 spiro atoms. The van der Waals surface area contributed by atoms with Gasteiger partial charge in [-0.1, -0.05) is 37.6 Å². The van der Waals surface area contributed by atoms with Crippen LogP contribution in [0.2, 0.25) is 5.02 Å². The zero-order valence-electron chi connectivity index (χ0n) is 23.9. The van der Waals surface area contributed by atoms with Crippen LogP contribution in [0, 0.1) is 5.92 Å². The predicted octanol–water partition coefficient (Wildman–Crippen LogP) is 2.14. The van der Waals surface area contributed by atoms with Crippen molar-refractivity contribution < 1.29 is 22.8 Å². The smallest absolute Gasteiger partial charge is 0.287 e. The largest absolute Gasteiger partial charge is 0.353 e. The molecule has 224 valence electrons. The van der Waals surface area contributed by atoms with E-state index in [2.05, 4.69) is 15.6 Å². The number of nitrogens with zero attached hydrogens (tertiary/aromatic N) is 3. The number of halogens is 1. The van der Waals surface area contributed by atoms with Gasteiger partial charge in [0, 0.05) is 37.7 Å². The monoisotopic (exact) mass is 606 g/mol. The van der Waals surface area contributed by atoms with Gasteiger partial charge in [-0.3, -0.25) is 14.4 Å². The number of hydrogen-bond acceptors (Lipinski definition) is 7. The van der Waals surface area contributed by atoms with Gasteiger partial charge in [-0.15, -0.1) is 0 Å². The maximum absolute atomic E-state index is 13.8. The first-order valence-electron chi connectivity index (χ1n) is 13.8. The SMILES string of the molecule is CC(C)C[C@@H](N)C(=O)NCC(C)(C)S(=O)(=O)C1(CN2CCn3c(cnc3C(=O)NCc3ccc(Cl)cc3)C2=O)CC1. The Bertz CT molecular complexity index is 1420. The second kappa shape index (κ2) is 11.7. The number of nitrogens with one attached hydrogen (secondary N) is 2. The highest BCUT2D eigenvalue weighted by Crippen LogP contribution is 2.49. The number of imidazole rings is 1. The van der Waals surface area contributed by atoms with Gasteiger partial charge in [-0.2, -0.15) is 0 Å². The highest BCUT2D eigenvalue weighted by molar-refractivity contribution is 7.94. The minimum absolute atomic E-state index is 0.0433. The Morgan fingerprint density at radius 1 is 1.15 bits per heavy atom. The molecule has 2 aromatic rings. The third-order valence-corrected chi connectivity index (χ3v) is 11.4. The lowest BCUT2D eigenvalue weighted by molar-refractivity contribution is -0.122. The van der Waals surface area contributed by atoms with Crippen LogP contribution in [-0.2, 0) is 27.7 Å². The molecule has 0 saturated heterocycles. The maximum Gasteiger partial charge on any atom is 0.287 e. The van der Waals surface area contributed by atoms with Crippen molar-refractivity contribution in [3.63, 3.8) is 0 Å². The van der Waals surface area contributed by atoms with Crippen LogP contribution >= 0.6 is 11.6 Å². The minimum atomic E-state index is -3.76. The van der Waals surface area contributed by atoms with E-state index in [0.29, 0.717) is 30.8 Å². The van der Waals surface area contributed by atoms with Crippen LogP contribution in [0.4, 0.5) is 0 Å². The van der Waals surface area contributed by atoms with Gasteiger partial charge in [0.05, 0.1) is 21.7 Å². The highest BCUT2D eigenvalue weighted by atomic mass is 35.5. The predicted molar refractivity (Wildman–Crippen MR) is 156 cm³/mol. The fraction of sp³-hybridized carbons (Fsp3) is 0.571. The molecule has 41 heavy (non-hydrogen) atoms. The molecule has 0 unspecified atom stereocenters. The number of carbonyl (C=O) groups is 3. The van der Waals surface area contributed by atoms with Crippen LogP contribution in [0.5, 0.6) is 0 Å². The zero-order valence-corrected chi connectivity index (χ0v) is 25.5. The van der Waals surface area contributed by atoms with Gasteiger partial charge in [0.25, 0.3) is 11.8 Å². The number of hydrogen-bond donors (Lipinski definition) is 3. The first-order valence-corrected chi connectivity index (χ1v) is 15.7. The van der Waals surface area contributed by atoms with Gasteiger partial charge >= 0.3 is 0 Å². The molecule has 1 aromatic heterocycles. The van der Waals surface area contributed by atoms with Gasteiger partial charge in [0.1, 0.15) is 5.69 Å². The lowest BCUT2D eigenvalue weighted by Gasteiger charge is -2.35. The highest BCUT2D eigenvalue weighted by Gasteiger charge is 2.61. The number of carbonyl (C=O) groups excluding carboxylic acids is 3. The third kappa shape index (κ3) is 6.44. The standard InChI is InChI=1S/C28H39ClN6O5S/c1-18(2)13-21(30)24(36)33-16-27(3,4)41(39,40)28(9-10-28)17-34-11-12-35-22(26(34)38)15-31-23(35)25(37)32-14-19-5-7-20(29)8-6-19/h5-8,15,18,21H,9-14,16-17,30H2,1-4H3,(H,32,37)(H,33,36)/t21-/m1/s1. The van der Waals surface area contributed by atoms with Crippen molar-refractivity contribution >= 4 is 39.2 Å². The Kier molecular flexibility index (Phi) is 8.87. The molecule has 4 N–H and O–H groups in total. The van der Waals surface area contributed by atoms with Crippen molar-refractivity contribution in [2.45, 2.75) is 75.6 Å². The second-order valence-corrected chi connectivity index (χ2v) is 15.5. The normalized spacial score (nSPS) is 17.2. The van der Waals surface area contributed by atoms with Gasteiger partial charge in [0.15, 0.2) is 15.7 Å². The van der Waals surface area contributed by atoms with Crippen molar-refractivity contribution in [3.05, 3.63) is 52.6 Å².